The van der Waals surface area contributed by atoms with Gasteiger partial charge >= 0.3 is 93.1 Å². The van der Waals surface area contributed by atoms with Gasteiger partial charge in [-0.1, -0.05) is 0 Å². The third-order valence-electron chi connectivity index (χ3n) is 1.50. The average Bonchev–Trinajstić information content (AvgIpc) is 2.53. The number of amides is 1. The van der Waals surface area contributed by atoms with Crippen LogP contribution in [-0.4, -0.2) is 27.2 Å². The molecule has 0 atom stereocenters. The van der Waals surface area contributed by atoms with Gasteiger partial charge in [0.15, 0.2) is 0 Å². The van der Waals surface area contributed by atoms with E-state index in [1.807, 2.05) is 0 Å². The van der Waals surface area contributed by atoms with Crippen molar-refractivity contribution in [1.82, 2.24) is 0 Å². The Morgan fingerprint density at radius 1 is 1.71 bits per heavy atom. The second kappa shape index (κ2) is 5.49. The third kappa shape index (κ3) is 3.40. The van der Waals surface area contributed by atoms with Crippen molar-refractivity contribution in [3.05, 3.63) is 13.4 Å². The topological polar surface area (TPSA) is 38.7 Å². The molecule has 0 aliphatic carbocycles. The molecule has 0 bridgehead atoms. The Morgan fingerprint density at radius 3 is 2.93 bits per heavy atom. The predicted molar refractivity (Wildman–Crippen MR) is 57.9 cm³/mol. The molecule has 0 radical (unpaired) electrons. The standard InChI is InChI=1S/C9H13NO2SSe/c1-4-12-8(11)10-9-13-7(5-14-9)6(2)3/h5-6H,4H2,1-3H3/b10-9+. The van der Waals surface area contributed by atoms with Gasteiger partial charge in [-0.25, -0.2) is 0 Å². The third-order valence-corrected chi connectivity index (χ3v) is 5.35. The maximum atomic E-state index is 11.0. The molecule has 14 heavy (non-hydrogen) atoms. The van der Waals surface area contributed by atoms with Crippen molar-refractivity contribution < 1.29 is 9.53 Å². The van der Waals surface area contributed by atoms with Gasteiger partial charge in [0.25, 0.3) is 0 Å². The number of ether oxygens (including phenoxy) is 1. The molecule has 5 heteroatoms. The van der Waals surface area contributed by atoms with E-state index >= 15 is 0 Å². The quantitative estimate of drug-likeness (QED) is 0.776. The monoisotopic (exact) mass is 279 g/mol. The summed E-state index contributed by atoms with van der Waals surface area (Å²) in [6.45, 7) is 6.45. The van der Waals surface area contributed by atoms with E-state index in [1.54, 1.807) is 18.3 Å². The number of hydrogen-bond acceptors (Lipinski definition) is 3. The summed E-state index contributed by atoms with van der Waals surface area (Å²) in [6.07, 6.45) is -0.463. The van der Waals surface area contributed by atoms with Crippen LogP contribution in [0, 0.1) is 0 Å². The van der Waals surface area contributed by atoms with Crippen LogP contribution in [0.25, 0.3) is 0 Å². The molecule has 0 spiro atoms. The Labute approximate surface area is 93.2 Å². The van der Waals surface area contributed by atoms with Crippen LogP contribution in [0.15, 0.2) is 9.93 Å². The summed E-state index contributed by atoms with van der Waals surface area (Å²) in [5.74, 6) is 0.525. The number of carbonyl (C=O) groups excluding carboxylic acids is 1. The van der Waals surface area contributed by atoms with Gasteiger partial charge in [0.05, 0.1) is 0 Å². The molecular formula is C9H13NO2SSe. The normalized spacial score (nSPS) is 12.1. The van der Waals surface area contributed by atoms with E-state index in [1.165, 1.54) is 4.88 Å². The predicted octanol–water partition coefficient (Wildman–Crippen LogP) is 1.99. The van der Waals surface area contributed by atoms with Crippen LogP contribution in [0.4, 0.5) is 4.79 Å². The summed E-state index contributed by atoms with van der Waals surface area (Å²) in [5, 5.41) is 0. The number of carbonyl (C=O) groups is 1. The Bertz CT molecular complexity index is 367. The molecule has 0 saturated heterocycles. The van der Waals surface area contributed by atoms with Crippen molar-refractivity contribution in [1.29, 1.82) is 0 Å². The van der Waals surface area contributed by atoms with Crippen molar-refractivity contribution in [2.45, 2.75) is 26.7 Å². The molecule has 0 aliphatic heterocycles. The zero-order chi connectivity index (χ0) is 10.6. The second-order valence-electron chi connectivity index (χ2n) is 2.97. The van der Waals surface area contributed by atoms with Crippen LogP contribution in [0.2, 0.25) is 0 Å². The van der Waals surface area contributed by atoms with Gasteiger partial charge in [-0.3, -0.25) is 0 Å². The zero-order valence-corrected chi connectivity index (χ0v) is 11.0. The molecule has 1 rings (SSSR count). The average molecular weight is 278 g/mol. The molecule has 78 valence electrons. The van der Waals surface area contributed by atoms with Gasteiger partial charge in [0.1, 0.15) is 0 Å². The molecule has 0 fully saturated rings. The number of nitrogens with zero attached hydrogens (tertiary/aromatic N) is 1. The van der Waals surface area contributed by atoms with Gasteiger partial charge in [-0.15, -0.1) is 0 Å². The van der Waals surface area contributed by atoms with E-state index in [2.05, 4.69) is 23.8 Å². The van der Waals surface area contributed by atoms with Crippen molar-refractivity contribution >= 4 is 31.9 Å². The summed E-state index contributed by atoms with van der Waals surface area (Å²) in [5.41, 5.74) is 0. The van der Waals surface area contributed by atoms with E-state index in [0.29, 0.717) is 12.5 Å². The SMILES string of the molecule is CCOC(=O)/N=c1\sc(C(C)C)c[se]1. The Morgan fingerprint density at radius 2 is 2.43 bits per heavy atom. The zero-order valence-electron chi connectivity index (χ0n) is 8.44. The van der Waals surface area contributed by atoms with Crippen LogP contribution < -0.4 is 3.54 Å². The van der Waals surface area contributed by atoms with Crippen LogP contribution in [-0.2, 0) is 4.74 Å². The molecule has 1 amide bonds. The van der Waals surface area contributed by atoms with Crippen molar-refractivity contribution in [3.8, 4) is 0 Å². The molecule has 1 aromatic heterocycles. The minimum absolute atomic E-state index is 0.219. The van der Waals surface area contributed by atoms with E-state index in [-0.39, 0.29) is 14.5 Å². The van der Waals surface area contributed by atoms with E-state index < -0.39 is 6.09 Å². The summed E-state index contributed by atoms with van der Waals surface area (Å²) in [6, 6.07) is 0. The number of hydrogen-bond donors (Lipinski definition) is 0. The maximum absolute atomic E-state index is 11.0. The molecule has 3 nitrogen and oxygen atoms in total. The first-order valence-corrected chi connectivity index (χ1v) is 7.09. The summed E-state index contributed by atoms with van der Waals surface area (Å²) in [7, 11) is 0. The Kier molecular flexibility index (Phi) is 4.58. The summed E-state index contributed by atoms with van der Waals surface area (Å²) < 4.78 is 5.65. The van der Waals surface area contributed by atoms with Gasteiger partial charge in [0.2, 0.25) is 0 Å². The van der Waals surface area contributed by atoms with Gasteiger partial charge in [-0.05, 0) is 0 Å². The summed E-state index contributed by atoms with van der Waals surface area (Å²) >= 11 is 1.83. The fourth-order valence-electron chi connectivity index (χ4n) is 0.791. The molecular weight excluding hydrogens is 265 g/mol. The van der Waals surface area contributed by atoms with Gasteiger partial charge in [0, 0.05) is 0 Å². The fourth-order valence-corrected chi connectivity index (χ4v) is 4.45. The molecule has 0 aromatic carbocycles. The second-order valence-corrected chi connectivity index (χ2v) is 6.42. The summed E-state index contributed by atoms with van der Waals surface area (Å²) in [4.78, 5) is 18.4. The Balaban J connectivity index is 2.80. The fraction of sp³-hybridized carbons (Fsp3) is 0.556. The van der Waals surface area contributed by atoms with E-state index in [0.717, 1.165) is 3.54 Å². The number of rotatable bonds is 2. The Hall–Kier alpha value is -0.381. The van der Waals surface area contributed by atoms with Crippen LogP contribution in [0.3, 0.4) is 0 Å². The van der Waals surface area contributed by atoms with Gasteiger partial charge in [-0.2, -0.15) is 0 Å². The van der Waals surface area contributed by atoms with Crippen molar-refractivity contribution in [2.75, 3.05) is 6.61 Å². The van der Waals surface area contributed by atoms with E-state index in [4.69, 9.17) is 4.74 Å². The minimum atomic E-state index is -0.463. The van der Waals surface area contributed by atoms with E-state index in [9.17, 15) is 4.79 Å². The van der Waals surface area contributed by atoms with Crippen molar-refractivity contribution in [2.24, 2.45) is 4.99 Å². The van der Waals surface area contributed by atoms with Crippen LogP contribution >= 0.6 is 11.3 Å². The molecule has 0 aliphatic rings. The first-order valence-electron chi connectivity index (χ1n) is 4.43. The molecule has 0 saturated carbocycles. The van der Waals surface area contributed by atoms with Crippen LogP contribution in [0.5, 0.6) is 0 Å². The first-order chi connectivity index (χ1) is 6.63. The molecule has 0 unspecified atom stereocenters. The first kappa shape index (κ1) is 11.7. The van der Waals surface area contributed by atoms with Crippen molar-refractivity contribution in [3.63, 3.8) is 0 Å². The molecule has 1 aromatic rings. The molecule has 0 N–H and O–H groups in total. The van der Waals surface area contributed by atoms with Crippen LogP contribution in [0.1, 0.15) is 31.6 Å². The van der Waals surface area contributed by atoms with Gasteiger partial charge < -0.3 is 0 Å². The molecule has 1 heterocycles.